The Balaban J connectivity index is 0. The summed E-state index contributed by atoms with van der Waals surface area (Å²) < 4.78 is 0. The second-order valence-corrected chi connectivity index (χ2v) is 4.36. The SMILES string of the molecule is CC(N)O.CCCCCCCCCCC(=O)O. The molecule has 0 saturated heterocycles. The van der Waals surface area contributed by atoms with E-state index in [0.29, 0.717) is 6.42 Å². The van der Waals surface area contributed by atoms with E-state index < -0.39 is 12.2 Å². The molecule has 1 atom stereocenters. The van der Waals surface area contributed by atoms with Gasteiger partial charge in [0.25, 0.3) is 0 Å². The highest BCUT2D eigenvalue weighted by Gasteiger charge is 1.95. The summed E-state index contributed by atoms with van der Waals surface area (Å²) in [6, 6.07) is 0. The van der Waals surface area contributed by atoms with Gasteiger partial charge in [0.2, 0.25) is 0 Å². The van der Waals surface area contributed by atoms with Gasteiger partial charge in [-0.1, -0.05) is 51.9 Å². The van der Waals surface area contributed by atoms with Crippen molar-refractivity contribution in [2.24, 2.45) is 5.73 Å². The molecule has 0 saturated carbocycles. The average Bonchev–Trinajstić information content (AvgIpc) is 2.21. The summed E-state index contributed by atoms with van der Waals surface area (Å²) >= 11 is 0. The smallest absolute Gasteiger partial charge is 0.303 e. The second-order valence-electron chi connectivity index (χ2n) is 4.36. The molecule has 0 heterocycles. The minimum absolute atomic E-state index is 0.342. The molecule has 0 radical (unpaired) electrons. The lowest BCUT2D eigenvalue weighted by molar-refractivity contribution is -0.137. The van der Waals surface area contributed by atoms with Crippen LogP contribution in [0.4, 0.5) is 0 Å². The number of carbonyl (C=O) groups is 1. The van der Waals surface area contributed by atoms with Gasteiger partial charge in [-0.2, -0.15) is 0 Å². The van der Waals surface area contributed by atoms with Crippen LogP contribution in [0.5, 0.6) is 0 Å². The molecule has 0 fully saturated rings. The maximum Gasteiger partial charge on any atom is 0.303 e. The Hall–Kier alpha value is -0.610. The molecule has 4 nitrogen and oxygen atoms in total. The maximum atomic E-state index is 10.2. The zero-order chi connectivity index (χ0) is 13.5. The van der Waals surface area contributed by atoms with Crippen LogP contribution in [0.25, 0.3) is 0 Å². The van der Waals surface area contributed by atoms with Gasteiger partial charge in [0.15, 0.2) is 0 Å². The zero-order valence-electron chi connectivity index (χ0n) is 11.3. The van der Waals surface area contributed by atoms with Gasteiger partial charge in [-0.3, -0.25) is 4.79 Å². The highest BCUT2D eigenvalue weighted by Crippen LogP contribution is 2.09. The molecule has 1 unspecified atom stereocenters. The first kappa shape index (κ1) is 18.7. The van der Waals surface area contributed by atoms with Crippen LogP contribution in [0.1, 0.15) is 71.6 Å². The number of carboxylic acid groups (broad SMARTS) is 1. The molecule has 0 amide bonds. The van der Waals surface area contributed by atoms with Crippen molar-refractivity contribution < 1.29 is 15.0 Å². The van der Waals surface area contributed by atoms with E-state index in [1.54, 1.807) is 0 Å². The molecular formula is C13H29NO3. The van der Waals surface area contributed by atoms with E-state index in [2.05, 4.69) is 12.7 Å². The number of hydrogen-bond donors (Lipinski definition) is 3. The van der Waals surface area contributed by atoms with E-state index in [1.165, 1.54) is 45.4 Å². The van der Waals surface area contributed by atoms with Gasteiger partial charge in [0.05, 0.1) is 6.23 Å². The third-order valence-electron chi connectivity index (χ3n) is 2.24. The number of rotatable bonds is 9. The first-order chi connectivity index (χ1) is 8.00. The van der Waals surface area contributed by atoms with Crippen LogP contribution in [0, 0.1) is 0 Å². The molecule has 0 aliphatic heterocycles. The maximum absolute atomic E-state index is 10.2. The van der Waals surface area contributed by atoms with Crippen LogP contribution < -0.4 is 5.73 Å². The molecule has 0 spiro atoms. The van der Waals surface area contributed by atoms with Gasteiger partial charge in [-0.25, -0.2) is 0 Å². The first-order valence-corrected chi connectivity index (χ1v) is 6.66. The molecule has 0 aromatic rings. The third-order valence-corrected chi connectivity index (χ3v) is 2.24. The Kier molecular flexibility index (Phi) is 17.0. The van der Waals surface area contributed by atoms with Crippen LogP contribution in [0.3, 0.4) is 0 Å². The molecule has 0 aliphatic rings. The van der Waals surface area contributed by atoms with E-state index in [1.807, 2.05) is 0 Å². The van der Waals surface area contributed by atoms with Crippen molar-refractivity contribution in [1.82, 2.24) is 0 Å². The summed E-state index contributed by atoms with van der Waals surface area (Å²) in [5.74, 6) is -0.661. The summed E-state index contributed by atoms with van der Waals surface area (Å²) in [5.41, 5.74) is 4.67. The van der Waals surface area contributed by atoms with E-state index in [4.69, 9.17) is 10.2 Å². The monoisotopic (exact) mass is 247 g/mol. The number of nitrogens with two attached hydrogens (primary N) is 1. The Labute approximate surface area is 105 Å². The second kappa shape index (κ2) is 15.4. The molecule has 17 heavy (non-hydrogen) atoms. The lowest BCUT2D eigenvalue weighted by Crippen LogP contribution is -2.11. The Morgan fingerprint density at radius 1 is 1.06 bits per heavy atom. The topological polar surface area (TPSA) is 83.5 Å². The Morgan fingerprint density at radius 3 is 1.76 bits per heavy atom. The predicted molar refractivity (Wildman–Crippen MR) is 70.7 cm³/mol. The number of unbranched alkanes of at least 4 members (excludes halogenated alkanes) is 7. The summed E-state index contributed by atoms with van der Waals surface area (Å²) in [7, 11) is 0. The minimum atomic E-state index is -0.667. The normalized spacial score (nSPS) is 11.5. The molecule has 0 bridgehead atoms. The summed E-state index contributed by atoms with van der Waals surface area (Å²) in [6.07, 6.45) is 9.39. The van der Waals surface area contributed by atoms with Crippen molar-refractivity contribution in [3.8, 4) is 0 Å². The van der Waals surface area contributed by atoms with Crippen LogP contribution in [0.15, 0.2) is 0 Å². The zero-order valence-corrected chi connectivity index (χ0v) is 11.3. The molecule has 104 valence electrons. The fraction of sp³-hybridized carbons (Fsp3) is 0.923. The van der Waals surface area contributed by atoms with E-state index >= 15 is 0 Å². The van der Waals surface area contributed by atoms with Crippen molar-refractivity contribution in [2.75, 3.05) is 0 Å². The average molecular weight is 247 g/mol. The van der Waals surface area contributed by atoms with E-state index in [0.717, 1.165) is 12.8 Å². The molecule has 0 aliphatic carbocycles. The van der Waals surface area contributed by atoms with Gasteiger partial charge >= 0.3 is 5.97 Å². The molecule has 0 rings (SSSR count). The highest BCUT2D eigenvalue weighted by molar-refractivity contribution is 5.66. The van der Waals surface area contributed by atoms with Gasteiger partial charge in [-0.15, -0.1) is 0 Å². The van der Waals surface area contributed by atoms with Crippen molar-refractivity contribution >= 4 is 5.97 Å². The fourth-order valence-corrected chi connectivity index (χ4v) is 1.41. The van der Waals surface area contributed by atoms with Gasteiger partial charge < -0.3 is 15.9 Å². The van der Waals surface area contributed by atoms with Crippen LogP contribution in [-0.4, -0.2) is 22.4 Å². The summed E-state index contributed by atoms with van der Waals surface area (Å²) in [6.45, 7) is 3.72. The van der Waals surface area contributed by atoms with Crippen LogP contribution >= 0.6 is 0 Å². The standard InChI is InChI=1S/C11H22O2.C2H7NO/c1-2-3-4-5-6-7-8-9-10-11(12)13;1-2(3)4/h2-10H2,1H3,(H,12,13);2,4H,3H2,1H3. The lowest BCUT2D eigenvalue weighted by Gasteiger charge is -1.99. The van der Waals surface area contributed by atoms with Gasteiger partial charge in [0, 0.05) is 6.42 Å². The largest absolute Gasteiger partial charge is 0.481 e. The van der Waals surface area contributed by atoms with Crippen molar-refractivity contribution in [3.63, 3.8) is 0 Å². The first-order valence-electron chi connectivity index (χ1n) is 6.66. The Bertz CT molecular complexity index is 158. The summed E-state index contributed by atoms with van der Waals surface area (Å²) in [4.78, 5) is 10.2. The van der Waals surface area contributed by atoms with Gasteiger partial charge in [0.1, 0.15) is 0 Å². The van der Waals surface area contributed by atoms with E-state index in [9.17, 15) is 4.79 Å². The fourth-order valence-electron chi connectivity index (χ4n) is 1.41. The summed E-state index contributed by atoms with van der Waals surface area (Å²) in [5, 5.41) is 16.2. The number of aliphatic carboxylic acids is 1. The van der Waals surface area contributed by atoms with E-state index in [-0.39, 0.29) is 0 Å². The Morgan fingerprint density at radius 2 is 1.41 bits per heavy atom. The highest BCUT2D eigenvalue weighted by atomic mass is 16.4. The van der Waals surface area contributed by atoms with Crippen LogP contribution in [-0.2, 0) is 4.79 Å². The third kappa shape index (κ3) is 31.3. The van der Waals surface area contributed by atoms with Crippen LogP contribution in [0.2, 0.25) is 0 Å². The number of aliphatic hydroxyl groups excluding tert-OH is 1. The molecule has 0 aromatic heterocycles. The minimum Gasteiger partial charge on any atom is -0.481 e. The van der Waals surface area contributed by atoms with Gasteiger partial charge in [-0.05, 0) is 13.3 Å². The molecule has 4 heteroatoms. The van der Waals surface area contributed by atoms with Crippen molar-refractivity contribution in [1.29, 1.82) is 0 Å². The number of carboxylic acids is 1. The van der Waals surface area contributed by atoms with Crippen molar-refractivity contribution in [2.45, 2.75) is 77.9 Å². The quantitative estimate of drug-likeness (QED) is 0.432. The number of aliphatic hydroxyl groups is 1. The molecule has 0 aromatic carbocycles. The predicted octanol–water partition coefficient (Wildman–Crippen LogP) is 2.89. The number of hydrogen-bond acceptors (Lipinski definition) is 3. The molecule has 4 N–H and O–H groups in total. The van der Waals surface area contributed by atoms with Crippen molar-refractivity contribution in [3.05, 3.63) is 0 Å². The lowest BCUT2D eigenvalue weighted by atomic mass is 10.1. The molecular weight excluding hydrogens is 218 g/mol.